The maximum absolute atomic E-state index is 12.1. The molecule has 1 aromatic rings. The first-order valence-electron chi connectivity index (χ1n) is 6.35. The van der Waals surface area contributed by atoms with Crippen LogP contribution in [0.25, 0.3) is 0 Å². The van der Waals surface area contributed by atoms with Gasteiger partial charge in [-0.3, -0.25) is 4.79 Å². The van der Waals surface area contributed by atoms with Crippen molar-refractivity contribution in [2.24, 2.45) is 0 Å². The van der Waals surface area contributed by atoms with Crippen molar-refractivity contribution < 1.29 is 9.53 Å². The van der Waals surface area contributed by atoms with Gasteiger partial charge in [-0.15, -0.1) is 0 Å². The number of carbonyl (C=O) groups excluding carboxylic acids is 1. The first kappa shape index (κ1) is 13.2. The van der Waals surface area contributed by atoms with Gasteiger partial charge in [0.25, 0.3) is 5.91 Å². The molecule has 0 radical (unpaired) electrons. The Morgan fingerprint density at radius 1 is 1.33 bits per heavy atom. The number of nitrogens with one attached hydrogen (secondary N) is 1. The van der Waals surface area contributed by atoms with E-state index in [1.807, 2.05) is 0 Å². The zero-order chi connectivity index (χ0) is 13.0. The van der Waals surface area contributed by atoms with Gasteiger partial charge in [0.2, 0.25) is 0 Å². The number of rotatable bonds is 3. The molecule has 1 fully saturated rings. The van der Waals surface area contributed by atoms with E-state index in [0.717, 1.165) is 12.8 Å². The average molecular weight is 268 g/mol. The van der Waals surface area contributed by atoms with Gasteiger partial charge in [0.05, 0.1) is 12.1 Å². The molecule has 18 heavy (non-hydrogen) atoms. The van der Waals surface area contributed by atoms with E-state index in [2.05, 4.69) is 5.32 Å². The number of benzene rings is 1. The summed E-state index contributed by atoms with van der Waals surface area (Å²) >= 11 is 6.01. The van der Waals surface area contributed by atoms with Crippen LogP contribution in [0.15, 0.2) is 18.2 Å². The quantitative estimate of drug-likeness (QED) is 0.911. The Bertz CT molecular complexity index is 428. The van der Waals surface area contributed by atoms with Crippen LogP contribution in [-0.2, 0) is 0 Å². The summed E-state index contributed by atoms with van der Waals surface area (Å²) in [6.07, 6.45) is 5.84. The Labute approximate surface area is 112 Å². The molecule has 1 aliphatic carbocycles. The number of methoxy groups -OCH3 is 1. The zero-order valence-electron chi connectivity index (χ0n) is 10.5. The molecule has 0 saturated heterocycles. The highest BCUT2D eigenvalue weighted by Gasteiger charge is 2.17. The molecule has 4 heteroatoms. The lowest BCUT2D eigenvalue weighted by atomic mass is 9.95. The third-order valence-electron chi connectivity index (χ3n) is 3.35. The first-order chi connectivity index (χ1) is 8.70. The highest BCUT2D eigenvalue weighted by Crippen LogP contribution is 2.25. The number of carbonyl (C=O) groups is 1. The molecule has 0 heterocycles. The number of halogens is 1. The molecular formula is C14H18ClNO2. The molecule has 0 spiro atoms. The van der Waals surface area contributed by atoms with E-state index in [1.54, 1.807) is 25.3 Å². The van der Waals surface area contributed by atoms with Crippen LogP contribution >= 0.6 is 11.6 Å². The summed E-state index contributed by atoms with van der Waals surface area (Å²) in [5.74, 6) is 0.539. The third kappa shape index (κ3) is 3.16. The van der Waals surface area contributed by atoms with Gasteiger partial charge in [-0.05, 0) is 31.0 Å². The highest BCUT2D eigenvalue weighted by atomic mass is 35.5. The number of hydrogen-bond donors (Lipinski definition) is 1. The van der Waals surface area contributed by atoms with Gasteiger partial charge in [-0.2, -0.15) is 0 Å². The van der Waals surface area contributed by atoms with Crippen molar-refractivity contribution in [1.29, 1.82) is 0 Å². The van der Waals surface area contributed by atoms with Gasteiger partial charge in [0.1, 0.15) is 5.75 Å². The Hall–Kier alpha value is -1.22. The minimum absolute atomic E-state index is 0.0496. The van der Waals surface area contributed by atoms with Crippen molar-refractivity contribution in [1.82, 2.24) is 5.32 Å². The minimum atomic E-state index is -0.0496. The van der Waals surface area contributed by atoms with E-state index < -0.39 is 0 Å². The van der Waals surface area contributed by atoms with E-state index in [1.165, 1.54) is 19.3 Å². The van der Waals surface area contributed by atoms with Crippen molar-refractivity contribution in [3.63, 3.8) is 0 Å². The van der Waals surface area contributed by atoms with Crippen molar-refractivity contribution in [2.45, 2.75) is 38.1 Å². The van der Waals surface area contributed by atoms with Crippen LogP contribution in [-0.4, -0.2) is 19.1 Å². The van der Waals surface area contributed by atoms with Gasteiger partial charge in [-0.25, -0.2) is 0 Å². The molecule has 1 aliphatic rings. The summed E-state index contributed by atoms with van der Waals surface area (Å²) in [4.78, 5) is 12.1. The van der Waals surface area contributed by atoms with Crippen LogP contribution in [0.4, 0.5) is 0 Å². The van der Waals surface area contributed by atoms with Crippen molar-refractivity contribution in [2.75, 3.05) is 7.11 Å². The predicted molar refractivity (Wildman–Crippen MR) is 72.3 cm³/mol. The second-order valence-electron chi connectivity index (χ2n) is 4.66. The van der Waals surface area contributed by atoms with E-state index in [4.69, 9.17) is 16.3 Å². The van der Waals surface area contributed by atoms with E-state index in [9.17, 15) is 4.79 Å². The zero-order valence-corrected chi connectivity index (χ0v) is 11.3. The largest absolute Gasteiger partial charge is 0.495 e. The van der Waals surface area contributed by atoms with Crippen LogP contribution in [0.3, 0.4) is 0 Å². The van der Waals surface area contributed by atoms with Crippen molar-refractivity contribution in [3.8, 4) is 5.75 Å². The van der Waals surface area contributed by atoms with Crippen molar-refractivity contribution >= 4 is 17.5 Å². The topological polar surface area (TPSA) is 38.3 Å². The van der Waals surface area contributed by atoms with E-state index >= 15 is 0 Å². The fraction of sp³-hybridized carbons (Fsp3) is 0.500. The number of ether oxygens (including phenoxy) is 1. The van der Waals surface area contributed by atoms with Gasteiger partial charge in [0, 0.05) is 11.6 Å². The van der Waals surface area contributed by atoms with Crippen molar-refractivity contribution in [3.05, 3.63) is 28.8 Å². The molecule has 0 aliphatic heterocycles. The van der Waals surface area contributed by atoms with Crippen LogP contribution < -0.4 is 10.1 Å². The van der Waals surface area contributed by atoms with E-state index in [-0.39, 0.29) is 5.91 Å². The number of amides is 1. The smallest absolute Gasteiger partial charge is 0.251 e. The second-order valence-corrected chi connectivity index (χ2v) is 5.06. The molecule has 0 bridgehead atoms. The van der Waals surface area contributed by atoms with Gasteiger partial charge < -0.3 is 10.1 Å². The molecule has 1 aromatic carbocycles. The molecule has 0 unspecified atom stereocenters. The van der Waals surface area contributed by atoms with Crippen LogP contribution in [0.1, 0.15) is 42.5 Å². The summed E-state index contributed by atoms with van der Waals surface area (Å²) in [7, 11) is 1.56. The molecule has 3 nitrogen and oxygen atoms in total. The van der Waals surface area contributed by atoms with Gasteiger partial charge in [0.15, 0.2) is 0 Å². The maximum Gasteiger partial charge on any atom is 0.251 e. The lowest BCUT2D eigenvalue weighted by molar-refractivity contribution is 0.0927. The highest BCUT2D eigenvalue weighted by molar-refractivity contribution is 6.32. The lowest BCUT2D eigenvalue weighted by Crippen LogP contribution is -2.36. The molecule has 1 N–H and O–H groups in total. The van der Waals surface area contributed by atoms with Crippen LogP contribution in [0, 0.1) is 0 Å². The minimum Gasteiger partial charge on any atom is -0.495 e. The maximum atomic E-state index is 12.1. The summed E-state index contributed by atoms with van der Waals surface area (Å²) in [6, 6.07) is 5.42. The van der Waals surface area contributed by atoms with Crippen LogP contribution in [0.2, 0.25) is 5.02 Å². The SMILES string of the molecule is COc1ccc(C(=O)NC2CCCCC2)cc1Cl. The summed E-state index contributed by atoms with van der Waals surface area (Å²) in [5.41, 5.74) is 0.589. The Kier molecular flexibility index (Phi) is 4.48. The summed E-state index contributed by atoms with van der Waals surface area (Å²) in [5, 5.41) is 3.53. The van der Waals surface area contributed by atoms with E-state index in [0.29, 0.717) is 22.4 Å². The summed E-state index contributed by atoms with van der Waals surface area (Å²) < 4.78 is 5.07. The molecule has 0 atom stereocenters. The van der Waals surface area contributed by atoms with Gasteiger partial charge >= 0.3 is 0 Å². The molecule has 2 rings (SSSR count). The molecule has 1 saturated carbocycles. The molecule has 0 aromatic heterocycles. The third-order valence-corrected chi connectivity index (χ3v) is 3.65. The second kappa shape index (κ2) is 6.10. The standard InChI is InChI=1S/C14H18ClNO2/c1-18-13-8-7-10(9-12(13)15)14(17)16-11-5-3-2-4-6-11/h7-9,11H,2-6H2,1H3,(H,16,17). The molecule has 98 valence electrons. The monoisotopic (exact) mass is 267 g/mol. The number of hydrogen-bond acceptors (Lipinski definition) is 2. The molecule has 1 amide bonds. The van der Waals surface area contributed by atoms with Crippen LogP contribution in [0.5, 0.6) is 5.75 Å². The Morgan fingerprint density at radius 3 is 2.67 bits per heavy atom. The Morgan fingerprint density at radius 2 is 2.06 bits per heavy atom. The lowest BCUT2D eigenvalue weighted by Gasteiger charge is -2.22. The predicted octanol–water partition coefficient (Wildman–Crippen LogP) is 3.41. The first-order valence-corrected chi connectivity index (χ1v) is 6.73. The summed E-state index contributed by atoms with van der Waals surface area (Å²) in [6.45, 7) is 0. The normalized spacial score (nSPS) is 16.3. The fourth-order valence-corrected chi connectivity index (χ4v) is 2.58. The molecular weight excluding hydrogens is 250 g/mol. The Balaban J connectivity index is 2.01. The fourth-order valence-electron chi connectivity index (χ4n) is 2.32. The van der Waals surface area contributed by atoms with Gasteiger partial charge in [-0.1, -0.05) is 30.9 Å². The average Bonchev–Trinajstić information content (AvgIpc) is 2.39.